The Hall–Kier alpha value is -1.49. The Labute approximate surface area is 83.9 Å². The molecule has 0 aliphatic carbocycles. The van der Waals surface area contributed by atoms with E-state index in [1.807, 2.05) is 0 Å². The fourth-order valence-corrected chi connectivity index (χ4v) is 1.44. The Morgan fingerprint density at radius 3 is 2.47 bits per heavy atom. The summed E-state index contributed by atoms with van der Waals surface area (Å²) in [6.45, 7) is 0. The first kappa shape index (κ1) is 10.0. The Morgan fingerprint density at radius 2 is 1.87 bits per heavy atom. The fraction of sp³-hybridized carbons (Fsp3) is 0.200. The molecule has 0 saturated carbocycles. The highest BCUT2D eigenvalue weighted by atomic mass is 19.4. The van der Waals surface area contributed by atoms with Gasteiger partial charge in [-0.3, -0.25) is 0 Å². The monoisotopic (exact) mass is 214 g/mol. The van der Waals surface area contributed by atoms with Crippen LogP contribution in [-0.4, -0.2) is 11.2 Å². The van der Waals surface area contributed by atoms with Crippen molar-refractivity contribution in [2.24, 2.45) is 5.73 Å². The maximum Gasteiger partial charge on any atom is 0.409 e. The molecule has 0 amide bonds. The normalized spacial score (nSPS) is 14.4. The number of H-pyrrole nitrogens is 1. The van der Waals surface area contributed by atoms with E-state index in [-0.39, 0.29) is 5.69 Å². The van der Waals surface area contributed by atoms with E-state index < -0.39 is 12.2 Å². The largest absolute Gasteiger partial charge is 0.409 e. The van der Waals surface area contributed by atoms with Crippen molar-refractivity contribution in [3.05, 3.63) is 36.0 Å². The van der Waals surface area contributed by atoms with E-state index in [0.717, 1.165) is 5.39 Å². The summed E-state index contributed by atoms with van der Waals surface area (Å²) in [5.41, 5.74) is 5.73. The molecular formula is C10H9F3N2. The zero-order chi connectivity index (χ0) is 11.1. The van der Waals surface area contributed by atoms with Crippen LogP contribution in [0.1, 0.15) is 11.7 Å². The lowest BCUT2D eigenvalue weighted by molar-refractivity contribution is -0.149. The highest BCUT2D eigenvalue weighted by Crippen LogP contribution is 2.31. The smallest absolute Gasteiger partial charge is 0.357 e. The van der Waals surface area contributed by atoms with Gasteiger partial charge in [0, 0.05) is 11.2 Å². The number of alkyl halides is 3. The quantitative estimate of drug-likeness (QED) is 0.752. The van der Waals surface area contributed by atoms with Gasteiger partial charge in [0.15, 0.2) is 0 Å². The number of rotatable bonds is 1. The molecule has 0 bridgehead atoms. The lowest BCUT2D eigenvalue weighted by Gasteiger charge is -2.13. The van der Waals surface area contributed by atoms with Crippen LogP contribution in [0.25, 0.3) is 10.9 Å². The molecule has 0 aliphatic rings. The van der Waals surface area contributed by atoms with E-state index >= 15 is 0 Å². The number of benzene rings is 1. The number of hydrogen-bond donors (Lipinski definition) is 2. The summed E-state index contributed by atoms with van der Waals surface area (Å²) in [6, 6.07) is 6.43. The molecule has 1 aromatic heterocycles. The van der Waals surface area contributed by atoms with Crippen LogP contribution in [0, 0.1) is 0 Å². The molecule has 0 radical (unpaired) electrons. The summed E-state index contributed by atoms with van der Waals surface area (Å²) < 4.78 is 37.0. The van der Waals surface area contributed by atoms with Crippen molar-refractivity contribution >= 4 is 10.9 Å². The van der Waals surface area contributed by atoms with E-state index in [2.05, 4.69) is 4.98 Å². The first-order valence-corrected chi connectivity index (χ1v) is 4.38. The molecule has 1 heterocycles. The van der Waals surface area contributed by atoms with E-state index in [4.69, 9.17) is 5.73 Å². The van der Waals surface area contributed by atoms with Crippen LogP contribution in [-0.2, 0) is 0 Å². The van der Waals surface area contributed by atoms with Gasteiger partial charge < -0.3 is 10.7 Å². The van der Waals surface area contributed by atoms with Gasteiger partial charge in [-0.2, -0.15) is 13.2 Å². The van der Waals surface area contributed by atoms with Crippen molar-refractivity contribution in [3.63, 3.8) is 0 Å². The minimum atomic E-state index is -4.42. The van der Waals surface area contributed by atoms with Gasteiger partial charge in [0.2, 0.25) is 0 Å². The zero-order valence-electron chi connectivity index (χ0n) is 7.68. The van der Waals surface area contributed by atoms with Gasteiger partial charge >= 0.3 is 6.18 Å². The van der Waals surface area contributed by atoms with Crippen molar-refractivity contribution in [1.82, 2.24) is 4.98 Å². The van der Waals surface area contributed by atoms with Crippen LogP contribution in [0.15, 0.2) is 30.3 Å². The number of aromatic nitrogens is 1. The van der Waals surface area contributed by atoms with Crippen LogP contribution in [0.5, 0.6) is 0 Å². The molecule has 3 N–H and O–H groups in total. The summed E-state index contributed by atoms with van der Waals surface area (Å²) in [5.74, 6) is 0. The molecule has 1 unspecified atom stereocenters. The molecule has 0 fully saturated rings. The number of fused-ring (bicyclic) bond motifs is 1. The van der Waals surface area contributed by atoms with E-state index in [0.29, 0.717) is 5.52 Å². The second-order valence-electron chi connectivity index (χ2n) is 3.33. The number of hydrogen-bond acceptors (Lipinski definition) is 1. The highest BCUT2D eigenvalue weighted by molar-refractivity contribution is 5.80. The topological polar surface area (TPSA) is 41.8 Å². The fourth-order valence-electron chi connectivity index (χ4n) is 1.44. The third-order valence-corrected chi connectivity index (χ3v) is 2.24. The molecule has 1 atom stereocenters. The van der Waals surface area contributed by atoms with Crippen LogP contribution in [0.3, 0.4) is 0 Å². The van der Waals surface area contributed by atoms with Crippen molar-refractivity contribution in [2.75, 3.05) is 0 Å². The molecule has 2 nitrogen and oxygen atoms in total. The second kappa shape index (κ2) is 3.27. The number of nitrogens with two attached hydrogens (primary N) is 1. The van der Waals surface area contributed by atoms with Crippen LogP contribution >= 0.6 is 0 Å². The average molecular weight is 214 g/mol. The van der Waals surface area contributed by atoms with Gasteiger partial charge in [-0.05, 0) is 17.5 Å². The van der Waals surface area contributed by atoms with Gasteiger partial charge in [0.05, 0.1) is 0 Å². The predicted molar refractivity (Wildman–Crippen MR) is 51.3 cm³/mol. The van der Waals surface area contributed by atoms with E-state index in [9.17, 15) is 13.2 Å². The Bertz CT molecular complexity index is 440. The summed E-state index contributed by atoms with van der Waals surface area (Å²) >= 11 is 0. The SMILES string of the molecule is NC(c1cc2ccccc2[nH]1)C(F)(F)F. The minimum absolute atomic E-state index is 0.0105. The Balaban J connectivity index is 2.45. The maximum absolute atomic E-state index is 12.3. The third kappa shape index (κ3) is 1.83. The zero-order valence-corrected chi connectivity index (χ0v) is 7.68. The van der Waals surface area contributed by atoms with Crippen LogP contribution in [0.2, 0.25) is 0 Å². The summed E-state index contributed by atoms with van der Waals surface area (Å²) in [6.07, 6.45) is -4.42. The molecule has 2 rings (SSSR count). The summed E-state index contributed by atoms with van der Waals surface area (Å²) in [4.78, 5) is 2.66. The Morgan fingerprint density at radius 1 is 1.20 bits per heavy atom. The van der Waals surface area contributed by atoms with E-state index in [1.165, 1.54) is 6.07 Å². The summed E-state index contributed by atoms with van der Waals surface area (Å²) in [5, 5.41) is 0.729. The second-order valence-corrected chi connectivity index (χ2v) is 3.33. The lowest BCUT2D eigenvalue weighted by atomic mass is 10.2. The van der Waals surface area contributed by atoms with E-state index in [1.54, 1.807) is 24.3 Å². The van der Waals surface area contributed by atoms with Crippen molar-refractivity contribution < 1.29 is 13.2 Å². The van der Waals surface area contributed by atoms with Gasteiger partial charge in [0.25, 0.3) is 0 Å². The van der Waals surface area contributed by atoms with Gasteiger partial charge in [-0.25, -0.2) is 0 Å². The van der Waals surface area contributed by atoms with Crippen molar-refractivity contribution in [1.29, 1.82) is 0 Å². The van der Waals surface area contributed by atoms with Gasteiger partial charge in [-0.15, -0.1) is 0 Å². The van der Waals surface area contributed by atoms with Gasteiger partial charge in [0.1, 0.15) is 6.04 Å². The molecule has 1 aromatic carbocycles. The molecular weight excluding hydrogens is 205 g/mol. The number of aromatic amines is 1. The number of para-hydroxylation sites is 1. The molecule has 80 valence electrons. The molecule has 5 heteroatoms. The predicted octanol–water partition coefficient (Wildman–Crippen LogP) is 2.73. The number of nitrogens with one attached hydrogen (secondary N) is 1. The molecule has 0 spiro atoms. The lowest BCUT2D eigenvalue weighted by Crippen LogP contribution is -2.28. The number of halogens is 3. The molecule has 0 saturated heterocycles. The standard InChI is InChI=1S/C10H9F3N2/c11-10(12,13)9(14)8-5-6-3-1-2-4-7(6)15-8/h1-5,9,15H,14H2. The first-order chi connectivity index (χ1) is 6.98. The van der Waals surface area contributed by atoms with Gasteiger partial charge in [-0.1, -0.05) is 18.2 Å². The molecule has 2 aromatic rings. The van der Waals surface area contributed by atoms with Crippen LogP contribution in [0.4, 0.5) is 13.2 Å². The Kier molecular flexibility index (Phi) is 2.19. The first-order valence-electron chi connectivity index (χ1n) is 4.38. The molecule has 15 heavy (non-hydrogen) atoms. The molecule has 0 aliphatic heterocycles. The minimum Gasteiger partial charge on any atom is -0.357 e. The maximum atomic E-state index is 12.3. The third-order valence-electron chi connectivity index (χ3n) is 2.24. The average Bonchev–Trinajstić information content (AvgIpc) is 2.58. The van der Waals surface area contributed by atoms with Crippen molar-refractivity contribution in [3.8, 4) is 0 Å². The van der Waals surface area contributed by atoms with Crippen molar-refractivity contribution in [2.45, 2.75) is 12.2 Å². The van der Waals surface area contributed by atoms with Crippen LogP contribution < -0.4 is 5.73 Å². The summed E-state index contributed by atoms with van der Waals surface area (Å²) in [7, 11) is 0. The highest BCUT2D eigenvalue weighted by Gasteiger charge is 2.38.